The Labute approximate surface area is 98.0 Å². The first-order valence-electron chi connectivity index (χ1n) is 5.67. The van der Waals surface area contributed by atoms with Crippen molar-refractivity contribution < 1.29 is 5.11 Å². The summed E-state index contributed by atoms with van der Waals surface area (Å²) in [6.45, 7) is 9.09. The van der Waals surface area contributed by atoms with Gasteiger partial charge >= 0.3 is 0 Å². The van der Waals surface area contributed by atoms with E-state index in [0.29, 0.717) is 5.75 Å². The number of benzene rings is 1. The van der Waals surface area contributed by atoms with Gasteiger partial charge in [0.05, 0.1) is 0 Å². The summed E-state index contributed by atoms with van der Waals surface area (Å²) in [5.74, 6) is 0.364. The fraction of sp³-hybridized carbons (Fsp3) is 0.429. The number of hydrogen-bond donors (Lipinski definition) is 2. The van der Waals surface area contributed by atoms with Gasteiger partial charge in [-0.15, -0.1) is 0 Å². The van der Waals surface area contributed by atoms with E-state index >= 15 is 0 Å². The molecular weight excluding hydrogens is 198 g/mol. The number of hydrogen-bond acceptors (Lipinski definition) is 2. The SMILES string of the molecule is CC(C)=CCNC(C)c1cc(C)ccc1O. The molecule has 1 aromatic carbocycles. The molecule has 1 aromatic rings. The van der Waals surface area contributed by atoms with Gasteiger partial charge < -0.3 is 10.4 Å². The van der Waals surface area contributed by atoms with Gasteiger partial charge in [0.1, 0.15) is 5.75 Å². The van der Waals surface area contributed by atoms with E-state index in [-0.39, 0.29) is 6.04 Å². The molecule has 0 heterocycles. The van der Waals surface area contributed by atoms with E-state index in [1.807, 2.05) is 19.1 Å². The monoisotopic (exact) mass is 219 g/mol. The zero-order valence-electron chi connectivity index (χ0n) is 10.5. The Morgan fingerprint density at radius 2 is 2.12 bits per heavy atom. The number of phenolic OH excluding ortho intramolecular Hbond substituents is 1. The summed E-state index contributed by atoms with van der Waals surface area (Å²) in [4.78, 5) is 0. The fourth-order valence-electron chi connectivity index (χ4n) is 1.57. The minimum atomic E-state index is 0.162. The Morgan fingerprint density at radius 3 is 2.75 bits per heavy atom. The molecule has 0 saturated carbocycles. The van der Waals surface area contributed by atoms with E-state index in [1.54, 1.807) is 6.07 Å². The van der Waals surface area contributed by atoms with Crippen LogP contribution in [0.25, 0.3) is 0 Å². The number of nitrogens with one attached hydrogen (secondary N) is 1. The lowest BCUT2D eigenvalue weighted by Gasteiger charge is -2.15. The van der Waals surface area contributed by atoms with Gasteiger partial charge in [0.25, 0.3) is 0 Å². The topological polar surface area (TPSA) is 32.3 Å². The number of allylic oxidation sites excluding steroid dienone is 1. The van der Waals surface area contributed by atoms with Crippen molar-refractivity contribution in [3.05, 3.63) is 41.0 Å². The van der Waals surface area contributed by atoms with Crippen LogP contribution in [0.5, 0.6) is 5.75 Å². The Morgan fingerprint density at radius 1 is 1.44 bits per heavy atom. The Bertz CT molecular complexity index is 378. The molecule has 0 fully saturated rings. The molecule has 1 atom stereocenters. The van der Waals surface area contributed by atoms with Crippen molar-refractivity contribution in [2.75, 3.05) is 6.54 Å². The van der Waals surface area contributed by atoms with Crippen molar-refractivity contribution in [3.63, 3.8) is 0 Å². The molecule has 0 saturated heterocycles. The normalized spacial score (nSPS) is 12.2. The first-order chi connectivity index (χ1) is 7.50. The maximum Gasteiger partial charge on any atom is 0.120 e. The van der Waals surface area contributed by atoms with Crippen molar-refractivity contribution in [2.45, 2.75) is 33.7 Å². The quantitative estimate of drug-likeness (QED) is 0.761. The van der Waals surface area contributed by atoms with E-state index in [0.717, 1.165) is 12.1 Å². The van der Waals surface area contributed by atoms with Gasteiger partial charge in [0.2, 0.25) is 0 Å². The van der Waals surface area contributed by atoms with Crippen LogP contribution in [0.15, 0.2) is 29.8 Å². The first kappa shape index (κ1) is 12.8. The van der Waals surface area contributed by atoms with Crippen molar-refractivity contribution in [2.24, 2.45) is 0 Å². The summed E-state index contributed by atoms with van der Waals surface area (Å²) in [5.41, 5.74) is 3.43. The third kappa shape index (κ3) is 3.70. The average molecular weight is 219 g/mol. The predicted octanol–water partition coefficient (Wildman–Crippen LogP) is 3.32. The van der Waals surface area contributed by atoms with Gasteiger partial charge in [0.15, 0.2) is 0 Å². The third-order valence-electron chi connectivity index (χ3n) is 2.58. The minimum absolute atomic E-state index is 0.162. The van der Waals surface area contributed by atoms with Crippen molar-refractivity contribution in [1.82, 2.24) is 5.32 Å². The van der Waals surface area contributed by atoms with E-state index in [4.69, 9.17) is 0 Å². The minimum Gasteiger partial charge on any atom is -0.508 e. The number of aryl methyl sites for hydroxylation is 1. The lowest BCUT2D eigenvalue weighted by Crippen LogP contribution is -2.18. The summed E-state index contributed by atoms with van der Waals surface area (Å²) in [6, 6.07) is 5.86. The second kappa shape index (κ2) is 5.71. The van der Waals surface area contributed by atoms with Gasteiger partial charge in [-0.05, 0) is 33.8 Å². The summed E-state index contributed by atoms with van der Waals surface area (Å²) < 4.78 is 0. The van der Waals surface area contributed by atoms with Crippen LogP contribution < -0.4 is 5.32 Å². The van der Waals surface area contributed by atoms with E-state index < -0.39 is 0 Å². The molecule has 0 aliphatic rings. The van der Waals surface area contributed by atoms with Gasteiger partial charge in [-0.3, -0.25) is 0 Å². The molecule has 0 bridgehead atoms. The molecule has 1 unspecified atom stereocenters. The third-order valence-corrected chi connectivity index (χ3v) is 2.58. The second-order valence-corrected chi connectivity index (χ2v) is 4.47. The van der Waals surface area contributed by atoms with E-state index in [1.165, 1.54) is 11.1 Å². The maximum absolute atomic E-state index is 9.76. The molecule has 0 amide bonds. The molecule has 16 heavy (non-hydrogen) atoms. The first-order valence-corrected chi connectivity index (χ1v) is 5.67. The zero-order chi connectivity index (χ0) is 12.1. The lowest BCUT2D eigenvalue weighted by atomic mass is 10.0. The van der Waals surface area contributed by atoms with Gasteiger partial charge in [-0.25, -0.2) is 0 Å². The Hall–Kier alpha value is -1.28. The second-order valence-electron chi connectivity index (χ2n) is 4.47. The van der Waals surface area contributed by atoms with Crippen LogP contribution in [0.2, 0.25) is 0 Å². The van der Waals surface area contributed by atoms with Crippen LogP contribution in [-0.2, 0) is 0 Å². The molecule has 2 N–H and O–H groups in total. The van der Waals surface area contributed by atoms with Gasteiger partial charge in [-0.2, -0.15) is 0 Å². The fourth-order valence-corrected chi connectivity index (χ4v) is 1.57. The largest absolute Gasteiger partial charge is 0.508 e. The van der Waals surface area contributed by atoms with Crippen LogP contribution in [0.4, 0.5) is 0 Å². The average Bonchev–Trinajstić information content (AvgIpc) is 2.21. The van der Waals surface area contributed by atoms with Crippen molar-refractivity contribution >= 4 is 0 Å². The maximum atomic E-state index is 9.76. The van der Waals surface area contributed by atoms with Crippen LogP contribution >= 0.6 is 0 Å². The van der Waals surface area contributed by atoms with Gasteiger partial charge in [-0.1, -0.05) is 29.3 Å². The van der Waals surface area contributed by atoms with Crippen molar-refractivity contribution in [1.29, 1.82) is 0 Å². The molecule has 1 rings (SSSR count). The number of phenols is 1. The lowest BCUT2D eigenvalue weighted by molar-refractivity contribution is 0.455. The highest BCUT2D eigenvalue weighted by Gasteiger charge is 2.08. The highest BCUT2D eigenvalue weighted by atomic mass is 16.3. The van der Waals surface area contributed by atoms with Crippen LogP contribution in [-0.4, -0.2) is 11.7 Å². The Kier molecular flexibility index (Phi) is 4.56. The molecule has 0 aliphatic carbocycles. The zero-order valence-corrected chi connectivity index (χ0v) is 10.5. The summed E-state index contributed by atoms with van der Waals surface area (Å²) in [7, 11) is 0. The summed E-state index contributed by atoms with van der Waals surface area (Å²) in [6.07, 6.45) is 2.14. The standard InChI is InChI=1S/C14H21NO/c1-10(2)7-8-15-12(4)13-9-11(3)5-6-14(13)16/h5-7,9,12,15-16H,8H2,1-4H3. The molecular formula is C14H21NO. The predicted molar refractivity (Wildman–Crippen MR) is 68.7 cm³/mol. The summed E-state index contributed by atoms with van der Waals surface area (Å²) >= 11 is 0. The molecule has 2 heteroatoms. The number of rotatable bonds is 4. The number of aromatic hydroxyl groups is 1. The van der Waals surface area contributed by atoms with Crippen LogP contribution in [0.3, 0.4) is 0 Å². The molecule has 2 nitrogen and oxygen atoms in total. The molecule has 0 radical (unpaired) electrons. The molecule has 0 aromatic heterocycles. The van der Waals surface area contributed by atoms with Crippen LogP contribution in [0.1, 0.15) is 37.9 Å². The van der Waals surface area contributed by atoms with Gasteiger partial charge in [0, 0.05) is 18.2 Å². The molecule has 0 aliphatic heterocycles. The highest BCUT2D eigenvalue weighted by Crippen LogP contribution is 2.24. The van der Waals surface area contributed by atoms with E-state index in [9.17, 15) is 5.11 Å². The summed E-state index contributed by atoms with van der Waals surface area (Å²) in [5, 5.41) is 13.1. The van der Waals surface area contributed by atoms with Crippen molar-refractivity contribution in [3.8, 4) is 5.75 Å². The Balaban J connectivity index is 2.69. The van der Waals surface area contributed by atoms with E-state index in [2.05, 4.69) is 32.2 Å². The van der Waals surface area contributed by atoms with Crippen LogP contribution in [0, 0.1) is 6.92 Å². The smallest absolute Gasteiger partial charge is 0.120 e. The molecule has 0 spiro atoms. The highest BCUT2D eigenvalue weighted by molar-refractivity contribution is 5.37. The molecule has 88 valence electrons.